The summed E-state index contributed by atoms with van der Waals surface area (Å²) in [5.74, 6) is -1.95. The maximum absolute atomic E-state index is 12.8. The summed E-state index contributed by atoms with van der Waals surface area (Å²) >= 11 is 0.845. The molecule has 0 aliphatic heterocycles. The van der Waals surface area contributed by atoms with E-state index in [2.05, 4.69) is 5.32 Å². The summed E-state index contributed by atoms with van der Waals surface area (Å²) in [6.07, 6.45) is -2.56. The number of benzene rings is 2. The van der Waals surface area contributed by atoms with Gasteiger partial charge in [-0.1, -0.05) is 54.2 Å². The number of aryl methyl sites for hydroxylation is 1. The number of aliphatic carboxylic acids is 1. The van der Waals surface area contributed by atoms with E-state index < -0.39 is 29.7 Å². The highest BCUT2D eigenvalue weighted by molar-refractivity contribution is 8.13. The molecule has 32 heavy (non-hydrogen) atoms. The highest BCUT2D eigenvalue weighted by Gasteiger charge is 2.30. The summed E-state index contributed by atoms with van der Waals surface area (Å²) < 4.78 is 38.3. The van der Waals surface area contributed by atoms with Gasteiger partial charge in [0.2, 0.25) is 5.91 Å². The maximum atomic E-state index is 12.8. The molecule has 1 atom stereocenters. The molecule has 0 radical (unpaired) electrons. The third-order valence-corrected chi connectivity index (χ3v) is 5.33. The standard InChI is InChI=1S/C23H22F3NO4S/c1-15(28)32-14-18(13-17-7-10-19(11-8-17)23(24,25)26)21(29)27-20(22(30)31)12-9-16-5-3-2-4-6-16/h2-8,10-11,13,20H,9,12,14H2,1H3,(H,27,29)(H,30,31)/b18-13+/t20-/m0/s1. The van der Waals surface area contributed by atoms with E-state index in [0.717, 1.165) is 29.5 Å². The molecule has 0 saturated carbocycles. The predicted molar refractivity (Wildman–Crippen MR) is 117 cm³/mol. The van der Waals surface area contributed by atoms with E-state index in [1.165, 1.54) is 25.1 Å². The summed E-state index contributed by atoms with van der Waals surface area (Å²) in [5, 5.41) is 11.7. The van der Waals surface area contributed by atoms with Crippen molar-refractivity contribution < 1.29 is 32.7 Å². The molecule has 0 saturated heterocycles. The highest BCUT2D eigenvalue weighted by atomic mass is 32.2. The van der Waals surface area contributed by atoms with E-state index in [1.54, 1.807) is 0 Å². The lowest BCUT2D eigenvalue weighted by Gasteiger charge is -2.16. The Labute approximate surface area is 187 Å². The molecule has 2 rings (SSSR count). The van der Waals surface area contributed by atoms with Crippen LogP contribution in [0, 0.1) is 0 Å². The zero-order valence-electron chi connectivity index (χ0n) is 17.2. The molecule has 0 aromatic heterocycles. The predicted octanol–water partition coefficient (Wildman–Crippen LogP) is 4.57. The van der Waals surface area contributed by atoms with Crippen molar-refractivity contribution in [1.82, 2.24) is 5.32 Å². The number of carbonyl (C=O) groups is 3. The first-order chi connectivity index (χ1) is 15.1. The number of hydrogen-bond donors (Lipinski definition) is 2. The third-order valence-electron chi connectivity index (χ3n) is 4.47. The summed E-state index contributed by atoms with van der Waals surface area (Å²) in [6.45, 7) is 1.32. The molecule has 0 bridgehead atoms. The lowest BCUT2D eigenvalue weighted by Crippen LogP contribution is -2.42. The zero-order chi connectivity index (χ0) is 23.7. The Hall–Kier alpha value is -3.07. The van der Waals surface area contributed by atoms with Gasteiger partial charge < -0.3 is 10.4 Å². The van der Waals surface area contributed by atoms with Crippen LogP contribution in [-0.4, -0.2) is 33.9 Å². The lowest BCUT2D eigenvalue weighted by atomic mass is 10.0. The number of carboxylic acids is 1. The number of alkyl halides is 3. The number of carbonyl (C=O) groups excluding carboxylic acids is 2. The van der Waals surface area contributed by atoms with Crippen molar-refractivity contribution in [2.45, 2.75) is 32.0 Å². The van der Waals surface area contributed by atoms with E-state index in [9.17, 15) is 32.7 Å². The largest absolute Gasteiger partial charge is 0.480 e. The van der Waals surface area contributed by atoms with Crippen molar-refractivity contribution in [3.05, 3.63) is 76.9 Å². The van der Waals surface area contributed by atoms with Crippen LogP contribution in [0.4, 0.5) is 13.2 Å². The Morgan fingerprint density at radius 3 is 2.22 bits per heavy atom. The zero-order valence-corrected chi connectivity index (χ0v) is 18.0. The van der Waals surface area contributed by atoms with Crippen LogP contribution in [0.3, 0.4) is 0 Å². The van der Waals surface area contributed by atoms with Gasteiger partial charge in [0.1, 0.15) is 6.04 Å². The first-order valence-electron chi connectivity index (χ1n) is 9.65. The molecule has 2 N–H and O–H groups in total. The third kappa shape index (κ3) is 8.22. The fraction of sp³-hybridized carbons (Fsp3) is 0.261. The van der Waals surface area contributed by atoms with Crippen LogP contribution in [0.25, 0.3) is 6.08 Å². The quantitative estimate of drug-likeness (QED) is 0.530. The van der Waals surface area contributed by atoms with Crippen LogP contribution in [0.2, 0.25) is 0 Å². The van der Waals surface area contributed by atoms with Crippen molar-refractivity contribution in [2.24, 2.45) is 0 Å². The first kappa shape index (κ1) is 25.2. The fourth-order valence-electron chi connectivity index (χ4n) is 2.79. The van der Waals surface area contributed by atoms with Gasteiger partial charge in [-0.3, -0.25) is 9.59 Å². The molecule has 9 heteroatoms. The molecule has 0 heterocycles. The van der Waals surface area contributed by atoms with E-state index in [4.69, 9.17) is 0 Å². The molecule has 1 amide bonds. The second-order valence-electron chi connectivity index (χ2n) is 6.96. The molecular weight excluding hydrogens is 443 g/mol. The van der Waals surface area contributed by atoms with Gasteiger partial charge in [0.15, 0.2) is 5.12 Å². The van der Waals surface area contributed by atoms with Crippen molar-refractivity contribution in [3.8, 4) is 0 Å². The number of thioether (sulfide) groups is 1. The van der Waals surface area contributed by atoms with Gasteiger partial charge in [-0.15, -0.1) is 0 Å². The van der Waals surface area contributed by atoms with Gasteiger partial charge in [0, 0.05) is 18.2 Å². The number of nitrogens with one attached hydrogen (secondary N) is 1. The molecule has 2 aromatic carbocycles. The molecule has 0 aliphatic rings. The van der Waals surface area contributed by atoms with Crippen molar-refractivity contribution in [1.29, 1.82) is 0 Å². The van der Waals surface area contributed by atoms with Crippen LogP contribution in [0.15, 0.2) is 60.2 Å². The molecular formula is C23H22F3NO4S. The maximum Gasteiger partial charge on any atom is 0.416 e. The number of amides is 1. The fourth-order valence-corrected chi connectivity index (χ4v) is 3.36. The molecule has 2 aromatic rings. The normalized spacial score (nSPS) is 12.8. The van der Waals surface area contributed by atoms with Gasteiger partial charge >= 0.3 is 12.1 Å². The molecule has 5 nitrogen and oxygen atoms in total. The van der Waals surface area contributed by atoms with Crippen molar-refractivity contribution in [2.75, 3.05) is 5.75 Å². The van der Waals surface area contributed by atoms with Crippen molar-refractivity contribution in [3.63, 3.8) is 0 Å². The second kappa shape index (κ2) is 11.5. The number of hydrogen-bond acceptors (Lipinski definition) is 4. The van der Waals surface area contributed by atoms with Gasteiger partial charge in [0.25, 0.3) is 0 Å². The minimum absolute atomic E-state index is 0.0484. The molecule has 0 unspecified atom stereocenters. The van der Waals surface area contributed by atoms with Gasteiger partial charge in [-0.25, -0.2) is 4.79 Å². The van der Waals surface area contributed by atoms with Crippen LogP contribution in [0.5, 0.6) is 0 Å². The summed E-state index contributed by atoms with van der Waals surface area (Å²) in [5.41, 5.74) is 0.491. The highest BCUT2D eigenvalue weighted by Crippen LogP contribution is 2.29. The lowest BCUT2D eigenvalue weighted by molar-refractivity contribution is -0.141. The minimum atomic E-state index is -4.49. The molecule has 170 valence electrons. The van der Waals surface area contributed by atoms with Crippen LogP contribution in [-0.2, 0) is 27.0 Å². The number of carboxylic acid groups (broad SMARTS) is 1. The Balaban J connectivity index is 2.18. The summed E-state index contributed by atoms with van der Waals surface area (Å²) in [4.78, 5) is 35.8. The van der Waals surface area contributed by atoms with E-state index in [-0.39, 0.29) is 22.9 Å². The van der Waals surface area contributed by atoms with Gasteiger partial charge in [-0.05, 0) is 42.2 Å². The SMILES string of the molecule is CC(=O)SC/C(=C\c1ccc(C(F)(F)F)cc1)C(=O)N[C@@H](CCc1ccccc1)C(=O)O. The number of halogens is 3. The second-order valence-corrected chi connectivity index (χ2v) is 8.11. The smallest absolute Gasteiger partial charge is 0.416 e. The van der Waals surface area contributed by atoms with E-state index >= 15 is 0 Å². The average Bonchev–Trinajstić information content (AvgIpc) is 2.74. The first-order valence-corrected chi connectivity index (χ1v) is 10.6. The topological polar surface area (TPSA) is 83.5 Å². The molecule has 0 aliphatic carbocycles. The van der Waals surface area contributed by atoms with E-state index in [1.807, 2.05) is 30.3 Å². The Kier molecular flexibility index (Phi) is 9.07. The Morgan fingerprint density at radius 2 is 1.69 bits per heavy atom. The monoisotopic (exact) mass is 465 g/mol. The molecule has 0 spiro atoms. The van der Waals surface area contributed by atoms with Crippen LogP contribution in [0.1, 0.15) is 30.0 Å². The van der Waals surface area contributed by atoms with Crippen LogP contribution < -0.4 is 5.32 Å². The molecule has 0 fully saturated rings. The minimum Gasteiger partial charge on any atom is -0.480 e. The van der Waals surface area contributed by atoms with Crippen molar-refractivity contribution >= 4 is 34.8 Å². The average molecular weight is 465 g/mol. The summed E-state index contributed by atoms with van der Waals surface area (Å²) in [7, 11) is 0. The van der Waals surface area contributed by atoms with Gasteiger partial charge in [0.05, 0.1) is 5.56 Å². The van der Waals surface area contributed by atoms with Crippen LogP contribution >= 0.6 is 11.8 Å². The van der Waals surface area contributed by atoms with Gasteiger partial charge in [-0.2, -0.15) is 13.2 Å². The Bertz CT molecular complexity index is 973. The summed E-state index contributed by atoms with van der Waals surface area (Å²) in [6, 6.07) is 12.2. The van der Waals surface area contributed by atoms with E-state index in [0.29, 0.717) is 12.0 Å². The Morgan fingerprint density at radius 1 is 1.06 bits per heavy atom. The number of rotatable bonds is 9.